The van der Waals surface area contributed by atoms with Crippen LogP contribution < -0.4 is 4.31 Å². The number of aliphatic carboxylic acids is 1. The first-order chi connectivity index (χ1) is 14.9. The van der Waals surface area contributed by atoms with E-state index >= 15 is 0 Å². The van der Waals surface area contributed by atoms with Gasteiger partial charge in [0, 0.05) is 5.92 Å². The molecule has 0 spiro atoms. The lowest BCUT2D eigenvalue weighted by molar-refractivity contribution is -0.138. The quantitative estimate of drug-likeness (QED) is 0.482. The van der Waals surface area contributed by atoms with E-state index in [0.29, 0.717) is 22.2 Å². The highest BCUT2D eigenvalue weighted by Gasteiger charge is 2.49. The maximum Gasteiger partial charge on any atom is 0.328 e. The van der Waals surface area contributed by atoms with Gasteiger partial charge in [0.15, 0.2) is 6.04 Å². The number of rotatable bonds is 3. The van der Waals surface area contributed by atoms with Gasteiger partial charge in [0.25, 0.3) is 10.0 Å². The Morgan fingerprint density at radius 3 is 2.48 bits per heavy atom. The minimum Gasteiger partial charge on any atom is -0.480 e. The SMILES string of the molecule is O=C(O)C1C(c2ccc3nsnc3c2)c2ccccc2S(=O)(=O)N1c1ccccc1Cl. The molecular weight excluding hydrogens is 458 g/mol. The van der Waals surface area contributed by atoms with Crippen molar-refractivity contribution in [3.63, 3.8) is 0 Å². The predicted octanol–water partition coefficient (Wildman–Crippen LogP) is 4.14. The lowest BCUT2D eigenvalue weighted by atomic mass is 9.84. The van der Waals surface area contributed by atoms with E-state index in [2.05, 4.69) is 8.75 Å². The van der Waals surface area contributed by atoms with Crippen LogP contribution in [0.2, 0.25) is 5.02 Å². The van der Waals surface area contributed by atoms with Gasteiger partial charge in [0.2, 0.25) is 0 Å². The van der Waals surface area contributed by atoms with Crippen molar-refractivity contribution in [1.82, 2.24) is 8.75 Å². The zero-order valence-electron chi connectivity index (χ0n) is 15.7. The second-order valence-electron chi connectivity index (χ2n) is 7.06. The van der Waals surface area contributed by atoms with Crippen molar-refractivity contribution in [2.24, 2.45) is 0 Å². The Morgan fingerprint density at radius 2 is 1.71 bits per heavy atom. The Labute approximate surface area is 186 Å². The number of nitrogens with zero attached hydrogens (tertiary/aromatic N) is 3. The minimum absolute atomic E-state index is 0.0499. The maximum atomic E-state index is 13.6. The second-order valence-corrected chi connectivity index (χ2v) is 9.78. The van der Waals surface area contributed by atoms with Crippen LogP contribution in [0.25, 0.3) is 11.0 Å². The number of hydrogen-bond donors (Lipinski definition) is 1. The average Bonchev–Trinajstić information content (AvgIpc) is 3.22. The Kier molecular flexibility index (Phi) is 4.69. The molecule has 1 aliphatic heterocycles. The molecule has 0 fully saturated rings. The molecule has 2 unspecified atom stereocenters. The van der Waals surface area contributed by atoms with Gasteiger partial charge in [-0.2, -0.15) is 8.75 Å². The van der Waals surface area contributed by atoms with Crippen molar-refractivity contribution in [3.05, 3.63) is 82.9 Å². The van der Waals surface area contributed by atoms with Gasteiger partial charge in [0.1, 0.15) is 11.0 Å². The van der Waals surface area contributed by atoms with E-state index < -0.39 is 28.0 Å². The van der Waals surface area contributed by atoms with Crippen LogP contribution in [-0.2, 0) is 14.8 Å². The second kappa shape index (κ2) is 7.30. The summed E-state index contributed by atoms with van der Waals surface area (Å²) in [6, 6.07) is 16.6. The van der Waals surface area contributed by atoms with Gasteiger partial charge in [-0.25, -0.2) is 17.5 Å². The van der Waals surface area contributed by atoms with Gasteiger partial charge in [0.05, 0.1) is 27.3 Å². The lowest BCUT2D eigenvalue weighted by Crippen LogP contribution is -2.52. The van der Waals surface area contributed by atoms with Crippen LogP contribution in [0.5, 0.6) is 0 Å². The van der Waals surface area contributed by atoms with Crippen LogP contribution >= 0.6 is 23.3 Å². The number of benzene rings is 3. The monoisotopic (exact) mass is 471 g/mol. The summed E-state index contributed by atoms with van der Waals surface area (Å²) in [4.78, 5) is 12.6. The summed E-state index contributed by atoms with van der Waals surface area (Å²) in [5.41, 5.74) is 2.49. The fourth-order valence-electron chi connectivity index (χ4n) is 4.04. The number of fused-ring (bicyclic) bond motifs is 2. The number of sulfonamides is 1. The van der Waals surface area contributed by atoms with Crippen molar-refractivity contribution in [1.29, 1.82) is 0 Å². The Balaban J connectivity index is 1.84. The van der Waals surface area contributed by atoms with E-state index in [1.807, 2.05) is 0 Å². The molecule has 0 bridgehead atoms. The molecule has 4 aromatic rings. The Hall–Kier alpha value is -3.01. The standard InChI is InChI=1S/C21H14ClN3O4S2/c22-14-6-2-3-7-17(14)25-20(21(26)27)19(12-9-10-15-16(11-12)24-30-23-15)13-5-1-4-8-18(13)31(25,28)29/h1-11,19-20H,(H,26,27). The molecule has 156 valence electrons. The third-order valence-electron chi connectivity index (χ3n) is 5.34. The number of halogens is 1. The summed E-state index contributed by atoms with van der Waals surface area (Å²) in [5.74, 6) is -2.06. The number of carboxylic acid groups (broad SMARTS) is 1. The molecule has 1 aliphatic rings. The number of aromatic nitrogens is 2. The van der Waals surface area contributed by atoms with Crippen LogP contribution in [0.3, 0.4) is 0 Å². The molecule has 2 heterocycles. The van der Waals surface area contributed by atoms with Gasteiger partial charge in [-0.05, 0) is 41.5 Å². The van der Waals surface area contributed by atoms with Crippen molar-refractivity contribution in [2.75, 3.05) is 4.31 Å². The van der Waals surface area contributed by atoms with E-state index in [-0.39, 0.29) is 15.6 Å². The minimum atomic E-state index is -4.18. The van der Waals surface area contributed by atoms with Crippen molar-refractivity contribution in [3.8, 4) is 0 Å². The van der Waals surface area contributed by atoms with Gasteiger partial charge in [-0.1, -0.05) is 48.0 Å². The summed E-state index contributed by atoms with van der Waals surface area (Å²) >= 11 is 7.38. The highest BCUT2D eigenvalue weighted by Crippen LogP contribution is 2.45. The zero-order chi connectivity index (χ0) is 21.8. The highest BCUT2D eigenvalue weighted by atomic mass is 35.5. The van der Waals surface area contributed by atoms with E-state index in [0.717, 1.165) is 16.0 Å². The molecule has 0 saturated carbocycles. The zero-order valence-corrected chi connectivity index (χ0v) is 18.1. The fourth-order valence-corrected chi connectivity index (χ4v) is 6.72. The first kappa shape index (κ1) is 19.9. The molecule has 1 N–H and O–H groups in total. The van der Waals surface area contributed by atoms with Crippen LogP contribution in [-0.4, -0.2) is 34.3 Å². The molecular formula is C21H14ClN3O4S2. The van der Waals surface area contributed by atoms with Gasteiger partial charge >= 0.3 is 5.97 Å². The normalized spacial score (nSPS) is 19.8. The summed E-state index contributed by atoms with van der Waals surface area (Å²) in [7, 11) is -4.18. The molecule has 3 aromatic carbocycles. The number of carbonyl (C=O) groups is 1. The summed E-state index contributed by atoms with van der Waals surface area (Å²) in [6.07, 6.45) is 0. The molecule has 10 heteroatoms. The van der Waals surface area contributed by atoms with Crippen LogP contribution in [0, 0.1) is 0 Å². The largest absolute Gasteiger partial charge is 0.480 e. The third-order valence-corrected chi connectivity index (χ3v) is 8.08. The summed E-state index contributed by atoms with van der Waals surface area (Å²) in [5, 5.41) is 10.4. The molecule has 0 aliphatic carbocycles. The predicted molar refractivity (Wildman–Crippen MR) is 118 cm³/mol. The average molecular weight is 472 g/mol. The van der Waals surface area contributed by atoms with E-state index in [1.54, 1.807) is 48.5 Å². The fraction of sp³-hybridized carbons (Fsp3) is 0.0952. The third kappa shape index (κ3) is 3.08. The number of carboxylic acids is 1. The highest BCUT2D eigenvalue weighted by molar-refractivity contribution is 7.93. The lowest BCUT2D eigenvalue weighted by Gasteiger charge is -2.40. The van der Waals surface area contributed by atoms with Crippen LogP contribution in [0.4, 0.5) is 5.69 Å². The molecule has 7 nitrogen and oxygen atoms in total. The van der Waals surface area contributed by atoms with Gasteiger partial charge in [-0.3, -0.25) is 0 Å². The molecule has 0 saturated heterocycles. The molecule has 31 heavy (non-hydrogen) atoms. The first-order valence-electron chi connectivity index (χ1n) is 9.22. The number of para-hydroxylation sites is 1. The smallest absolute Gasteiger partial charge is 0.328 e. The van der Waals surface area contributed by atoms with Crippen molar-refractivity contribution in [2.45, 2.75) is 16.9 Å². The van der Waals surface area contributed by atoms with Gasteiger partial charge in [-0.15, -0.1) is 0 Å². The molecule has 2 atom stereocenters. The van der Waals surface area contributed by atoms with Crippen LogP contribution in [0.1, 0.15) is 17.0 Å². The number of anilines is 1. The van der Waals surface area contributed by atoms with Gasteiger partial charge < -0.3 is 5.11 Å². The van der Waals surface area contributed by atoms with Crippen molar-refractivity contribution >= 4 is 56.0 Å². The van der Waals surface area contributed by atoms with E-state index in [1.165, 1.54) is 18.2 Å². The molecule has 0 amide bonds. The molecule has 5 rings (SSSR count). The molecule has 1 aromatic heterocycles. The first-order valence-corrected chi connectivity index (χ1v) is 11.8. The van der Waals surface area contributed by atoms with E-state index in [4.69, 9.17) is 11.6 Å². The number of hydrogen-bond acceptors (Lipinski definition) is 6. The Bertz CT molecular complexity index is 1440. The van der Waals surface area contributed by atoms with Crippen LogP contribution in [0.15, 0.2) is 71.6 Å². The summed E-state index contributed by atoms with van der Waals surface area (Å²) < 4.78 is 36.6. The van der Waals surface area contributed by atoms with E-state index in [9.17, 15) is 18.3 Å². The summed E-state index contributed by atoms with van der Waals surface area (Å²) in [6.45, 7) is 0. The topological polar surface area (TPSA) is 100 Å². The Morgan fingerprint density at radius 1 is 1.00 bits per heavy atom. The maximum absolute atomic E-state index is 13.6. The van der Waals surface area contributed by atoms with Crippen molar-refractivity contribution < 1.29 is 18.3 Å². The molecule has 0 radical (unpaired) electrons.